The van der Waals surface area contributed by atoms with E-state index in [9.17, 15) is 18.4 Å². The van der Waals surface area contributed by atoms with Crippen LogP contribution < -0.4 is 5.32 Å². The molecule has 2 aromatic rings. The first-order valence-electron chi connectivity index (χ1n) is 9.56. The van der Waals surface area contributed by atoms with Gasteiger partial charge in [-0.05, 0) is 36.6 Å². The lowest BCUT2D eigenvalue weighted by atomic mass is 9.98. The van der Waals surface area contributed by atoms with E-state index in [1.54, 1.807) is 0 Å². The third-order valence-electron chi connectivity index (χ3n) is 5.02. The van der Waals surface area contributed by atoms with Crippen molar-refractivity contribution in [3.8, 4) is 0 Å². The molecular weight excluding hydrogens is 362 g/mol. The lowest BCUT2D eigenvalue weighted by molar-refractivity contribution is -0.138. The molecule has 0 saturated carbocycles. The Bertz CT molecular complexity index is 827. The molecule has 1 aliphatic rings. The number of rotatable bonds is 6. The number of halogens is 2. The van der Waals surface area contributed by atoms with Gasteiger partial charge in [0, 0.05) is 37.5 Å². The summed E-state index contributed by atoms with van der Waals surface area (Å²) in [7, 11) is 0. The van der Waals surface area contributed by atoms with E-state index >= 15 is 0 Å². The maximum atomic E-state index is 13.7. The van der Waals surface area contributed by atoms with Gasteiger partial charge in [0.05, 0.1) is 0 Å². The van der Waals surface area contributed by atoms with Crippen molar-refractivity contribution < 1.29 is 18.4 Å². The molecule has 1 fully saturated rings. The van der Waals surface area contributed by atoms with Gasteiger partial charge in [-0.2, -0.15) is 0 Å². The quantitative estimate of drug-likeness (QED) is 0.821. The van der Waals surface area contributed by atoms with Crippen LogP contribution in [0.3, 0.4) is 0 Å². The second-order valence-electron chi connectivity index (χ2n) is 7.15. The predicted molar refractivity (Wildman–Crippen MR) is 102 cm³/mol. The molecule has 0 aliphatic carbocycles. The molecule has 1 heterocycles. The molecule has 148 valence electrons. The number of carbonyl (C=O) groups excluding carboxylic acids is 2. The van der Waals surface area contributed by atoms with E-state index in [-0.39, 0.29) is 36.3 Å². The Balaban J connectivity index is 1.57. The molecule has 0 aromatic heterocycles. The normalized spacial score (nSPS) is 17.3. The van der Waals surface area contributed by atoms with Crippen LogP contribution >= 0.6 is 0 Å². The molecule has 0 spiro atoms. The highest BCUT2D eigenvalue weighted by Crippen LogP contribution is 2.22. The van der Waals surface area contributed by atoms with E-state index in [1.807, 2.05) is 35.2 Å². The second kappa shape index (κ2) is 9.44. The lowest BCUT2D eigenvalue weighted by Gasteiger charge is -2.24. The molecule has 6 heteroatoms. The van der Waals surface area contributed by atoms with Gasteiger partial charge in [0.25, 0.3) is 0 Å². The summed E-state index contributed by atoms with van der Waals surface area (Å²) in [6.45, 7) is 1.11. The zero-order chi connectivity index (χ0) is 19.9. The number of likely N-dealkylation sites (tertiary alicyclic amines) is 1. The fourth-order valence-electron chi connectivity index (χ4n) is 3.50. The standard InChI is InChI=1S/C22H24F2N2O2/c23-19-9-10-20(24)18(12-19)14-25-21(27)13-17-8-4-5-11-26(22(17)28)15-16-6-2-1-3-7-16/h1-3,6-7,9-10,12,17H,4-5,8,11,13-15H2,(H,25,27). The molecule has 0 radical (unpaired) electrons. The number of hydrogen-bond donors (Lipinski definition) is 1. The van der Waals surface area contributed by atoms with Gasteiger partial charge in [0.1, 0.15) is 11.6 Å². The Hall–Kier alpha value is -2.76. The zero-order valence-corrected chi connectivity index (χ0v) is 15.7. The predicted octanol–water partition coefficient (Wildman–Crippen LogP) is 3.80. The minimum absolute atomic E-state index is 0.0200. The SMILES string of the molecule is O=C(CC1CCCCN(Cc2ccccc2)C1=O)NCc1cc(F)ccc1F. The summed E-state index contributed by atoms with van der Waals surface area (Å²) < 4.78 is 26.9. The lowest BCUT2D eigenvalue weighted by Crippen LogP contribution is -2.37. The molecule has 1 N–H and O–H groups in total. The van der Waals surface area contributed by atoms with Gasteiger partial charge in [-0.25, -0.2) is 8.78 Å². The Morgan fingerprint density at radius 1 is 1.11 bits per heavy atom. The summed E-state index contributed by atoms with van der Waals surface area (Å²) in [6.07, 6.45) is 2.51. The van der Waals surface area contributed by atoms with E-state index in [1.165, 1.54) is 0 Å². The van der Waals surface area contributed by atoms with Crippen LogP contribution in [0, 0.1) is 17.6 Å². The monoisotopic (exact) mass is 386 g/mol. The number of hydrogen-bond acceptors (Lipinski definition) is 2. The van der Waals surface area contributed by atoms with E-state index in [0.717, 1.165) is 36.6 Å². The highest BCUT2D eigenvalue weighted by Gasteiger charge is 2.28. The molecule has 3 rings (SSSR count). The molecule has 1 saturated heterocycles. The number of benzene rings is 2. The smallest absolute Gasteiger partial charge is 0.226 e. The number of amides is 2. The Morgan fingerprint density at radius 3 is 2.68 bits per heavy atom. The summed E-state index contributed by atoms with van der Waals surface area (Å²) >= 11 is 0. The summed E-state index contributed by atoms with van der Waals surface area (Å²) in [6, 6.07) is 12.9. The first kappa shape index (κ1) is 20.0. The van der Waals surface area contributed by atoms with Crippen molar-refractivity contribution in [2.24, 2.45) is 5.92 Å². The molecule has 0 bridgehead atoms. The topological polar surface area (TPSA) is 49.4 Å². The van der Waals surface area contributed by atoms with Crippen LogP contribution in [-0.2, 0) is 22.7 Å². The van der Waals surface area contributed by atoms with E-state index in [0.29, 0.717) is 19.5 Å². The fraction of sp³-hybridized carbons (Fsp3) is 0.364. The van der Waals surface area contributed by atoms with Crippen LogP contribution in [0.4, 0.5) is 8.78 Å². The summed E-state index contributed by atoms with van der Waals surface area (Å²) in [5.74, 6) is -1.86. The van der Waals surface area contributed by atoms with Gasteiger partial charge >= 0.3 is 0 Å². The van der Waals surface area contributed by atoms with E-state index in [2.05, 4.69) is 5.32 Å². The average molecular weight is 386 g/mol. The average Bonchev–Trinajstić information content (AvgIpc) is 2.86. The van der Waals surface area contributed by atoms with Crippen LogP contribution in [0.2, 0.25) is 0 Å². The maximum Gasteiger partial charge on any atom is 0.226 e. The third kappa shape index (κ3) is 5.38. The van der Waals surface area contributed by atoms with Crippen molar-refractivity contribution in [1.82, 2.24) is 10.2 Å². The molecule has 1 aliphatic heterocycles. The van der Waals surface area contributed by atoms with Gasteiger partial charge in [-0.1, -0.05) is 36.8 Å². The van der Waals surface area contributed by atoms with Gasteiger partial charge in [-0.3, -0.25) is 9.59 Å². The molecule has 2 amide bonds. The van der Waals surface area contributed by atoms with E-state index in [4.69, 9.17) is 0 Å². The number of nitrogens with one attached hydrogen (secondary N) is 1. The van der Waals surface area contributed by atoms with Gasteiger partial charge in [0.2, 0.25) is 11.8 Å². The molecule has 4 nitrogen and oxygen atoms in total. The first-order valence-corrected chi connectivity index (χ1v) is 9.56. The van der Waals surface area contributed by atoms with Crippen molar-refractivity contribution in [2.45, 2.75) is 38.8 Å². The van der Waals surface area contributed by atoms with Crippen molar-refractivity contribution in [3.05, 3.63) is 71.3 Å². The third-order valence-corrected chi connectivity index (χ3v) is 5.02. The van der Waals surface area contributed by atoms with Crippen molar-refractivity contribution >= 4 is 11.8 Å². The maximum absolute atomic E-state index is 13.7. The van der Waals surface area contributed by atoms with Crippen molar-refractivity contribution in [2.75, 3.05) is 6.54 Å². The highest BCUT2D eigenvalue weighted by molar-refractivity contribution is 5.86. The molecular formula is C22H24F2N2O2. The Labute approximate surface area is 163 Å². The first-order chi connectivity index (χ1) is 13.5. The van der Waals surface area contributed by atoms with E-state index < -0.39 is 11.6 Å². The minimum atomic E-state index is -0.568. The Morgan fingerprint density at radius 2 is 1.89 bits per heavy atom. The molecule has 1 atom stereocenters. The van der Waals surface area contributed by atoms with Gasteiger partial charge < -0.3 is 10.2 Å². The van der Waals surface area contributed by atoms with Crippen molar-refractivity contribution in [1.29, 1.82) is 0 Å². The van der Waals surface area contributed by atoms with Gasteiger partial charge in [-0.15, -0.1) is 0 Å². The zero-order valence-electron chi connectivity index (χ0n) is 15.7. The number of carbonyl (C=O) groups is 2. The second-order valence-corrected chi connectivity index (χ2v) is 7.15. The van der Waals surface area contributed by atoms with Crippen LogP contribution in [0.25, 0.3) is 0 Å². The summed E-state index contributed by atoms with van der Waals surface area (Å²) in [5.41, 5.74) is 1.15. The fourth-order valence-corrected chi connectivity index (χ4v) is 3.50. The molecule has 2 aromatic carbocycles. The number of nitrogens with zero attached hydrogens (tertiary/aromatic N) is 1. The van der Waals surface area contributed by atoms with Crippen LogP contribution in [0.1, 0.15) is 36.8 Å². The molecule has 1 unspecified atom stereocenters. The van der Waals surface area contributed by atoms with Crippen LogP contribution in [0.15, 0.2) is 48.5 Å². The Kier molecular flexibility index (Phi) is 6.74. The minimum Gasteiger partial charge on any atom is -0.352 e. The summed E-state index contributed by atoms with van der Waals surface area (Å²) in [5, 5.41) is 2.60. The summed E-state index contributed by atoms with van der Waals surface area (Å²) in [4.78, 5) is 27.0. The largest absolute Gasteiger partial charge is 0.352 e. The van der Waals surface area contributed by atoms with Crippen LogP contribution in [0.5, 0.6) is 0 Å². The van der Waals surface area contributed by atoms with Crippen LogP contribution in [-0.4, -0.2) is 23.3 Å². The van der Waals surface area contributed by atoms with Gasteiger partial charge in [0.15, 0.2) is 0 Å². The van der Waals surface area contributed by atoms with Crippen molar-refractivity contribution in [3.63, 3.8) is 0 Å². The molecule has 28 heavy (non-hydrogen) atoms. The highest BCUT2D eigenvalue weighted by atomic mass is 19.1.